The van der Waals surface area contributed by atoms with Gasteiger partial charge in [-0.15, -0.1) is 11.6 Å². The van der Waals surface area contributed by atoms with Gasteiger partial charge in [-0.2, -0.15) is 0 Å². The Morgan fingerprint density at radius 1 is 1.11 bits per heavy atom. The molecule has 0 aromatic heterocycles. The van der Waals surface area contributed by atoms with E-state index in [1.54, 1.807) is 18.2 Å². The lowest BCUT2D eigenvalue weighted by Gasteiger charge is -2.09. The molecule has 18 heavy (non-hydrogen) atoms. The predicted molar refractivity (Wildman–Crippen MR) is 71.9 cm³/mol. The van der Waals surface area contributed by atoms with Crippen molar-refractivity contribution in [3.8, 4) is 11.5 Å². The van der Waals surface area contributed by atoms with E-state index in [0.717, 1.165) is 16.7 Å². The molecular formula is C15H14ClFO. The molecule has 1 nitrogen and oxygen atoms in total. The van der Waals surface area contributed by atoms with Crippen molar-refractivity contribution in [2.75, 3.05) is 0 Å². The lowest BCUT2D eigenvalue weighted by Crippen LogP contribution is -1.91. The van der Waals surface area contributed by atoms with Gasteiger partial charge in [0.1, 0.15) is 5.75 Å². The van der Waals surface area contributed by atoms with Crippen LogP contribution in [0.5, 0.6) is 11.5 Å². The first-order valence-electron chi connectivity index (χ1n) is 5.69. The highest BCUT2D eigenvalue weighted by Crippen LogP contribution is 2.27. The van der Waals surface area contributed by atoms with Gasteiger partial charge in [-0.3, -0.25) is 0 Å². The van der Waals surface area contributed by atoms with Crippen LogP contribution in [0.2, 0.25) is 0 Å². The molecule has 3 heteroatoms. The number of aryl methyl sites for hydroxylation is 2. The largest absolute Gasteiger partial charge is 0.454 e. The van der Waals surface area contributed by atoms with E-state index in [1.807, 2.05) is 26.0 Å². The number of alkyl halides is 1. The standard InChI is InChI=1S/C15H14ClFO/c1-10-3-6-14(17)15(7-10)18-13-5-4-12(9-16)11(2)8-13/h3-8H,9H2,1-2H3. The average molecular weight is 265 g/mol. The summed E-state index contributed by atoms with van der Waals surface area (Å²) in [4.78, 5) is 0. The zero-order chi connectivity index (χ0) is 13.1. The van der Waals surface area contributed by atoms with E-state index < -0.39 is 0 Å². The van der Waals surface area contributed by atoms with Crippen molar-refractivity contribution >= 4 is 11.6 Å². The maximum absolute atomic E-state index is 13.6. The molecule has 2 aromatic rings. The molecule has 0 unspecified atom stereocenters. The van der Waals surface area contributed by atoms with Gasteiger partial charge in [-0.1, -0.05) is 12.1 Å². The molecule has 0 fully saturated rings. The molecule has 2 rings (SSSR count). The Balaban J connectivity index is 2.28. The molecule has 94 valence electrons. The maximum Gasteiger partial charge on any atom is 0.165 e. The van der Waals surface area contributed by atoms with Crippen LogP contribution in [0.15, 0.2) is 36.4 Å². The third-order valence-electron chi connectivity index (χ3n) is 2.77. The summed E-state index contributed by atoms with van der Waals surface area (Å²) < 4.78 is 19.1. The first kappa shape index (κ1) is 12.9. The van der Waals surface area contributed by atoms with Crippen molar-refractivity contribution in [3.63, 3.8) is 0 Å². The van der Waals surface area contributed by atoms with Gasteiger partial charge in [-0.25, -0.2) is 4.39 Å². The quantitative estimate of drug-likeness (QED) is 0.711. The SMILES string of the molecule is Cc1ccc(F)c(Oc2ccc(CCl)c(C)c2)c1. The fourth-order valence-corrected chi connectivity index (χ4v) is 2.00. The number of ether oxygens (including phenoxy) is 1. The molecule has 0 aliphatic rings. The van der Waals surface area contributed by atoms with E-state index in [2.05, 4.69) is 0 Å². The second-order valence-corrected chi connectivity index (χ2v) is 4.53. The zero-order valence-electron chi connectivity index (χ0n) is 10.3. The highest BCUT2D eigenvalue weighted by atomic mass is 35.5. The van der Waals surface area contributed by atoms with E-state index >= 15 is 0 Å². The van der Waals surface area contributed by atoms with Gasteiger partial charge in [0, 0.05) is 5.88 Å². The predicted octanol–water partition coefficient (Wildman–Crippen LogP) is 4.97. The van der Waals surface area contributed by atoms with E-state index in [1.165, 1.54) is 6.07 Å². The third-order valence-corrected chi connectivity index (χ3v) is 3.06. The van der Waals surface area contributed by atoms with Gasteiger partial charge in [0.05, 0.1) is 0 Å². The summed E-state index contributed by atoms with van der Waals surface area (Å²) in [5.41, 5.74) is 3.05. The molecule has 0 heterocycles. The summed E-state index contributed by atoms with van der Waals surface area (Å²) in [6, 6.07) is 10.4. The number of hydrogen-bond acceptors (Lipinski definition) is 1. The highest BCUT2D eigenvalue weighted by molar-refractivity contribution is 6.17. The minimum absolute atomic E-state index is 0.244. The van der Waals surface area contributed by atoms with E-state index in [4.69, 9.17) is 16.3 Å². The van der Waals surface area contributed by atoms with Gasteiger partial charge >= 0.3 is 0 Å². The average Bonchev–Trinajstić information content (AvgIpc) is 2.34. The second-order valence-electron chi connectivity index (χ2n) is 4.26. The van der Waals surface area contributed by atoms with Crippen molar-refractivity contribution in [1.82, 2.24) is 0 Å². The summed E-state index contributed by atoms with van der Waals surface area (Å²) in [6.45, 7) is 3.85. The van der Waals surface area contributed by atoms with Crippen LogP contribution in [0.3, 0.4) is 0 Å². The first-order valence-corrected chi connectivity index (χ1v) is 6.23. The number of rotatable bonds is 3. The molecule has 0 saturated heterocycles. The normalized spacial score (nSPS) is 10.4. The Kier molecular flexibility index (Phi) is 3.87. The van der Waals surface area contributed by atoms with Crippen molar-refractivity contribution < 1.29 is 9.13 Å². The molecule has 0 atom stereocenters. The van der Waals surface area contributed by atoms with E-state index in [9.17, 15) is 4.39 Å². The molecule has 0 aliphatic carbocycles. The summed E-state index contributed by atoms with van der Waals surface area (Å²) >= 11 is 5.79. The lowest BCUT2D eigenvalue weighted by atomic mass is 10.1. The summed E-state index contributed by atoms with van der Waals surface area (Å²) in [5, 5.41) is 0. The van der Waals surface area contributed by atoms with Gasteiger partial charge < -0.3 is 4.74 Å². The van der Waals surface area contributed by atoms with Gasteiger partial charge in [0.2, 0.25) is 0 Å². The van der Waals surface area contributed by atoms with Gasteiger partial charge in [-0.05, 0) is 54.8 Å². The lowest BCUT2D eigenvalue weighted by molar-refractivity contribution is 0.441. The van der Waals surface area contributed by atoms with Crippen molar-refractivity contribution in [1.29, 1.82) is 0 Å². The minimum atomic E-state index is -0.361. The molecular weight excluding hydrogens is 251 g/mol. The molecule has 0 amide bonds. The third kappa shape index (κ3) is 2.82. The van der Waals surface area contributed by atoms with Crippen LogP contribution >= 0.6 is 11.6 Å². The maximum atomic E-state index is 13.6. The topological polar surface area (TPSA) is 9.23 Å². The van der Waals surface area contributed by atoms with Gasteiger partial charge in [0.15, 0.2) is 11.6 Å². The zero-order valence-corrected chi connectivity index (χ0v) is 11.1. The van der Waals surface area contributed by atoms with Gasteiger partial charge in [0.25, 0.3) is 0 Å². The van der Waals surface area contributed by atoms with Crippen molar-refractivity contribution in [2.24, 2.45) is 0 Å². The van der Waals surface area contributed by atoms with Crippen LogP contribution in [-0.4, -0.2) is 0 Å². The minimum Gasteiger partial charge on any atom is -0.454 e. The monoisotopic (exact) mass is 264 g/mol. The van der Waals surface area contributed by atoms with Crippen molar-refractivity contribution in [2.45, 2.75) is 19.7 Å². The fourth-order valence-electron chi connectivity index (χ4n) is 1.70. The fraction of sp³-hybridized carbons (Fsp3) is 0.200. The van der Waals surface area contributed by atoms with Crippen LogP contribution in [0.1, 0.15) is 16.7 Å². The van der Waals surface area contributed by atoms with Crippen LogP contribution in [0.25, 0.3) is 0 Å². The molecule has 0 bridgehead atoms. The number of benzene rings is 2. The summed E-state index contributed by atoms with van der Waals surface area (Å²) in [6.07, 6.45) is 0. The molecule has 0 aliphatic heterocycles. The molecule has 0 radical (unpaired) electrons. The Morgan fingerprint density at radius 3 is 2.56 bits per heavy atom. The number of hydrogen-bond donors (Lipinski definition) is 0. The van der Waals surface area contributed by atoms with Crippen LogP contribution in [0.4, 0.5) is 4.39 Å². The highest BCUT2D eigenvalue weighted by Gasteiger charge is 2.06. The van der Waals surface area contributed by atoms with Crippen LogP contribution in [0, 0.1) is 19.7 Å². The Labute approximate surface area is 111 Å². The molecule has 0 saturated carbocycles. The molecule has 2 aromatic carbocycles. The summed E-state index contributed by atoms with van der Waals surface area (Å²) in [5.74, 6) is 0.962. The van der Waals surface area contributed by atoms with Crippen LogP contribution < -0.4 is 4.74 Å². The Bertz CT molecular complexity index is 566. The smallest absolute Gasteiger partial charge is 0.165 e. The Hall–Kier alpha value is -1.54. The summed E-state index contributed by atoms with van der Waals surface area (Å²) in [7, 11) is 0. The molecule has 0 spiro atoms. The van der Waals surface area contributed by atoms with Crippen molar-refractivity contribution in [3.05, 3.63) is 58.9 Å². The first-order chi connectivity index (χ1) is 8.60. The second kappa shape index (κ2) is 5.40. The molecule has 0 N–H and O–H groups in total. The van der Waals surface area contributed by atoms with E-state index in [-0.39, 0.29) is 11.6 Å². The van der Waals surface area contributed by atoms with E-state index in [0.29, 0.717) is 11.6 Å². The number of halogens is 2. The van der Waals surface area contributed by atoms with Crippen LogP contribution in [-0.2, 0) is 5.88 Å². The Morgan fingerprint density at radius 2 is 1.89 bits per heavy atom.